The summed E-state index contributed by atoms with van der Waals surface area (Å²) in [6.45, 7) is 7.23. The lowest BCUT2D eigenvalue weighted by Gasteiger charge is -2.17. The van der Waals surface area contributed by atoms with Gasteiger partial charge in [0.2, 0.25) is 0 Å². The van der Waals surface area contributed by atoms with Crippen LogP contribution in [0.5, 0.6) is 0 Å². The summed E-state index contributed by atoms with van der Waals surface area (Å²) in [5.41, 5.74) is 10.5. The third kappa shape index (κ3) is 4.04. The van der Waals surface area contributed by atoms with Gasteiger partial charge >= 0.3 is 0 Å². The van der Waals surface area contributed by atoms with Gasteiger partial charge < -0.3 is 15.8 Å². The monoisotopic (exact) mass is 442 g/mol. The zero-order chi connectivity index (χ0) is 23.9. The van der Waals surface area contributed by atoms with Gasteiger partial charge in [0.05, 0.1) is 22.9 Å². The molecule has 168 valence electrons. The smallest absolute Gasteiger partial charge is 0.157 e. The number of nitriles is 1. The molecule has 0 aliphatic heterocycles. The van der Waals surface area contributed by atoms with E-state index in [4.69, 9.17) is 11.0 Å². The molecule has 3 heterocycles. The van der Waals surface area contributed by atoms with Crippen LogP contribution in [0.2, 0.25) is 0 Å². The Kier molecular flexibility index (Phi) is 5.39. The zero-order valence-electron chi connectivity index (χ0n) is 19.2. The van der Waals surface area contributed by atoms with Crippen molar-refractivity contribution in [2.24, 2.45) is 7.05 Å². The fourth-order valence-corrected chi connectivity index (χ4v) is 4.17. The van der Waals surface area contributed by atoms with Crippen molar-refractivity contribution < 1.29 is 5.11 Å². The Morgan fingerprint density at radius 3 is 2.42 bits per heavy atom. The average molecular weight is 443 g/mol. The quantitative estimate of drug-likeness (QED) is 0.444. The largest absolute Gasteiger partial charge is 0.386 e. The molecule has 0 saturated carbocycles. The summed E-state index contributed by atoms with van der Waals surface area (Å²) in [6, 6.07) is 12.9. The van der Waals surface area contributed by atoms with Crippen LogP contribution in [0.3, 0.4) is 0 Å². The maximum atomic E-state index is 10.6. The molecule has 0 aliphatic rings. The molecule has 3 aromatic heterocycles. The number of benzene rings is 1. The highest BCUT2D eigenvalue weighted by molar-refractivity contribution is 5.91. The van der Waals surface area contributed by atoms with Crippen molar-refractivity contribution in [2.45, 2.75) is 33.3 Å². The second kappa shape index (κ2) is 8.07. The van der Waals surface area contributed by atoms with Crippen LogP contribution in [0.25, 0.3) is 28.1 Å². The molecule has 9 nitrogen and oxygen atoms in total. The van der Waals surface area contributed by atoms with Crippen molar-refractivity contribution in [2.75, 3.05) is 5.73 Å². The second-order valence-electron chi connectivity index (χ2n) is 8.47. The number of fused-ring (bicyclic) bond motifs is 1. The van der Waals surface area contributed by atoms with Crippen LogP contribution in [-0.2, 0) is 12.6 Å². The molecule has 0 unspecified atom stereocenters. The first-order valence-corrected chi connectivity index (χ1v) is 10.5. The minimum Gasteiger partial charge on any atom is -0.386 e. The lowest BCUT2D eigenvalue weighted by atomic mass is 9.96. The van der Waals surface area contributed by atoms with Gasteiger partial charge in [-0.1, -0.05) is 12.1 Å². The number of nitrogens with one attached hydrogen (secondary N) is 1. The lowest BCUT2D eigenvalue weighted by molar-refractivity contribution is 0.0772. The Balaban J connectivity index is 1.93. The van der Waals surface area contributed by atoms with Crippen molar-refractivity contribution in [1.29, 1.82) is 5.26 Å². The van der Waals surface area contributed by atoms with Crippen molar-refractivity contribution in [1.82, 2.24) is 29.5 Å². The van der Waals surface area contributed by atoms with Crippen LogP contribution < -0.4 is 5.73 Å². The Bertz CT molecular complexity index is 1440. The highest BCUT2D eigenvalue weighted by Gasteiger charge is 2.26. The van der Waals surface area contributed by atoms with Crippen LogP contribution >= 0.6 is 0 Å². The number of aryl methyl sites for hydroxylation is 2. The summed E-state index contributed by atoms with van der Waals surface area (Å²) >= 11 is 0. The Hall–Kier alpha value is -4.16. The second-order valence-corrected chi connectivity index (χ2v) is 8.47. The van der Waals surface area contributed by atoms with E-state index in [1.807, 2.05) is 39.1 Å². The van der Waals surface area contributed by atoms with Gasteiger partial charge in [0.15, 0.2) is 5.82 Å². The van der Waals surface area contributed by atoms with E-state index in [1.165, 1.54) is 0 Å². The van der Waals surface area contributed by atoms with E-state index in [2.05, 4.69) is 26.2 Å². The summed E-state index contributed by atoms with van der Waals surface area (Å²) in [4.78, 5) is 7.83. The molecular formula is C24H26N8O. The van der Waals surface area contributed by atoms with E-state index in [1.54, 1.807) is 47.6 Å². The van der Waals surface area contributed by atoms with Gasteiger partial charge in [-0.05, 0) is 45.9 Å². The fourth-order valence-electron chi connectivity index (χ4n) is 4.17. The molecule has 0 saturated heterocycles. The van der Waals surface area contributed by atoms with Crippen LogP contribution in [-0.4, -0.2) is 34.6 Å². The Morgan fingerprint density at radius 1 is 1.12 bits per heavy atom. The number of nitrogens with zero attached hydrogens (tertiary/aromatic N) is 6. The van der Waals surface area contributed by atoms with E-state index in [-0.39, 0.29) is 0 Å². The number of nitrogen functional groups attached to an aromatic ring is 1. The molecule has 0 amide bonds. The molecule has 0 aliphatic carbocycles. The fraction of sp³-hybridized carbons (Fsp3) is 0.250. The Labute approximate surface area is 191 Å². The van der Waals surface area contributed by atoms with Gasteiger partial charge in [-0.15, -0.1) is 0 Å². The minimum absolute atomic E-state index is 0.366. The lowest BCUT2D eigenvalue weighted by Crippen LogP contribution is -2.17. The topological polar surface area (TPSA) is 134 Å². The minimum atomic E-state index is -1.03. The number of aromatic nitrogens is 6. The zero-order valence-corrected chi connectivity index (χ0v) is 19.2. The van der Waals surface area contributed by atoms with E-state index in [0.29, 0.717) is 22.8 Å². The molecule has 4 rings (SSSR count). The molecule has 0 radical (unpaired) electrons. The molecule has 9 heteroatoms. The molecule has 0 bridgehead atoms. The first-order chi connectivity index (χ1) is 15.6. The third-order valence-corrected chi connectivity index (χ3v) is 5.49. The average Bonchev–Trinajstić information content (AvgIpc) is 3.24. The highest BCUT2D eigenvalue weighted by atomic mass is 16.3. The Morgan fingerprint density at radius 2 is 1.82 bits per heavy atom. The van der Waals surface area contributed by atoms with Crippen LogP contribution in [0, 0.1) is 25.2 Å². The predicted molar refractivity (Wildman–Crippen MR) is 127 cm³/mol. The van der Waals surface area contributed by atoms with Gasteiger partial charge in [-0.3, -0.25) is 4.68 Å². The van der Waals surface area contributed by atoms with Crippen molar-refractivity contribution >= 4 is 16.9 Å². The molecule has 0 fully saturated rings. The standard InChI is InChI=1S/C24H26N8O/c1-14-21(24(3,4)33)15(2)32(29-14)20-12-19(26)28-23-18(10-11-27-20)22(30-31(23)5)17-8-6-16(13-25)7-9-17/h6-12,28,33H,26H2,1-5H3. The van der Waals surface area contributed by atoms with Crippen LogP contribution in [0.4, 0.5) is 5.82 Å². The van der Waals surface area contributed by atoms with Crippen LogP contribution in [0.1, 0.15) is 36.4 Å². The van der Waals surface area contributed by atoms with Crippen molar-refractivity contribution in [3.8, 4) is 23.1 Å². The third-order valence-electron chi connectivity index (χ3n) is 5.49. The molecule has 33 heavy (non-hydrogen) atoms. The summed E-state index contributed by atoms with van der Waals surface area (Å²) in [6.07, 6.45) is 1.68. The van der Waals surface area contributed by atoms with Crippen LogP contribution in [0.15, 0.2) is 42.6 Å². The molecule has 0 atom stereocenters. The number of hydrogen-bond acceptors (Lipinski definition) is 6. The molecule has 0 spiro atoms. The van der Waals surface area contributed by atoms with E-state index in [0.717, 1.165) is 33.6 Å². The number of rotatable bonds is 3. The number of aliphatic hydroxyl groups is 1. The summed E-state index contributed by atoms with van der Waals surface area (Å²) < 4.78 is 3.39. The van der Waals surface area contributed by atoms with E-state index >= 15 is 0 Å². The molecular weight excluding hydrogens is 416 g/mol. The summed E-state index contributed by atoms with van der Waals surface area (Å²) in [5.74, 6) is 0.874. The first kappa shape index (κ1) is 22.0. The number of hydrogen-bond donors (Lipinski definition) is 3. The summed E-state index contributed by atoms with van der Waals surface area (Å²) in [7, 11) is 1.83. The first-order valence-electron chi connectivity index (χ1n) is 10.5. The van der Waals surface area contributed by atoms with Crippen molar-refractivity contribution in [3.63, 3.8) is 0 Å². The molecule has 1 aromatic carbocycles. The van der Waals surface area contributed by atoms with Gasteiger partial charge in [-0.25, -0.2) is 9.67 Å². The number of nitrogens with two attached hydrogens (primary N) is 1. The number of anilines is 1. The van der Waals surface area contributed by atoms with Gasteiger partial charge in [0.25, 0.3) is 0 Å². The van der Waals surface area contributed by atoms with Gasteiger partial charge in [-0.2, -0.15) is 15.5 Å². The molecule has 4 N–H and O–H groups in total. The summed E-state index contributed by atoms with van der Waals surface area (Å²) in [5, 5.41) is 29.7. The number of H-pyrrole nitrogens is 1. The normalized spacial score (nSPS) is 11.4. The van der Waals surface area contributed by atoms with E-state index in [9.17, 15) is 5.11 Å². The van der Waals surface area contributed by atoms with Crippen molar-refractivity contribution in [3.05, 3.63) is 65.1 Å². The highest BCUT2D eigenvalue weighted by Crippen LogP contribution is 2.29. The maximum absolute atomic E-state index is 10.6. The molecule has 4 aromatic rings. The van der Waals surface area contributed by atoms with Gasteiger partial charge in [0.1, 0.15) is 17.2 Å². The predicted octanol–water partition coefficient (Wildman–Crippen LogP) is 3.57. The maximum Gasteiger partial charge on any atom is 0.157 e. The van der Waals surface area contributed by atoms with Gasteiger partial charge in [0, 0.05) is 41.5 Å². The van der Waals surface area contributed by atoms with E-state index < -0.39 is 5.60 Å². The SMILES string of the molecule is Cc1nn(-c2cc(N)[nH]c3c(ccn2)c(-c2ccc(C#N)cc2)nn3C)c(C)c1C(C)(C)O. The number of aromatic amines is 1.